The van der Waals surface area contributed by atoms with E-state index in [-0.39, 0.29) is 0 Å². The molecule has 1 aliphatic heterocycles. The van der Waals surface area contributed by atoms with Crippen molar-refractivity contribution < 1.29 is 5.11 Å². The van der Waals surface area contributed by atoms with Crippen molar-refractivity contribution in [2.45, 2.75) is 6.42 Å². The molecule has 0 unspecified atom stereocenters. The summed E-state index contributed by atoms with van der Waals surface area (Å²) in [7, 11) is 0. The number of hydrogen-bond acceptors (Lipinski definition) is 4. The zero-order chi connectivity index (χ0) is 9.54. The highest BCUT2D eigenvalue weighted by Crippen LogP contribution is 2.16. The fourth-order valence-electron chi connectivity index (χ4n) is 1.67. The maximum Gasteiger partial charge on any atom is 0.116 e. The van der Waals surface area contributed by atoms with Crippen molar-refractivity contribution >= 4 is 18.1 Å². The van der Waals surface area contributed by atoms with Crippen molar-refractivity contribution in [1.29, 1.82) is 0 Å². The summed E-state index contributed by atoms with van der Waals surface area (Å²) in [6.07, 6.45) is 7.17. The van der Waals surface area contributed by atoms with Crippen molar-refractivity contribution in [1.82, 2.24) is 4.98 Å². The molecule has 0 radical (unpaired) electrons. The standard InChI is InChI=1S/C10H7N3O/c14-6-1-2-8-7(3-6)10-9(4-11-8)12-5-13-10/h1-2,4-5,14H,3H2. The van der Waals surface area contributed by atoms with Crippen LogP contribution in [0.4, 0.5) is 5.69 Å². The average Bonchev–Trinajstić information content (AvgIpc) is 2.65. The molecule has 0 saturated carbocycles. The van der Waals surface area contributed by atoms with Gasteiger partial charge in [-0.15, -0.1) is 0 Å². The van der Waals surface area contributed by atoms with E-state index in [9.17, 15) is 5.11 Å². The van der Waals surface area contributed by atoms with Crippen molar-refractivity contribution in [2.75, 3.05) is 0 Å². The number of aliphatic hydroxyl groups is 1. The molecule has 0 saturated heterocycles. The Bertz CT molecular complexity index is 584. The SMILES string of the molecule is OC1=CC=c2ncc3c(c2C1)N=CN=3. The van der Waals surface area contributed by atoms with Gasteiger partial charge in [-0.2, -0.15) is 0 Å². The highest BCUT2D eigenvalue weighted by atomic mass is 16.3. The van der Waals surface area contributed by atoms with E-state index in [0.29, 0.717) is 12.2 Å². The fraction of sp³-hybridized carbons (Fsp3) is 0.100. The first-order valence-corrected chi connectivity index (χ1v) is 4.33. The van der Waals surface area contributed by atoms with Gasteiger partial charge in [0.15, 0.2) is 0 Å². The third-order valence-electron chi connectivity index (χ3n) is 2.34. The molecule has 1 aromatic heterocycles. The van der Waals surface area contributed by atoms with E-state index in [1.165, 1.54) is 6.34 Å². The number of nitrogens with zero attached hydrogens (tertiary/aromatic N) is 3. The zero-order valence-corrected chi connectivity index (χ0v) is 7.31. The Kier molecular flexibility index (Phi) is 1.33. The van der Waals surface area contributed by atoms with E-state index < -0.39 is 0 Å². The monoisotopic (exact) mass is 185 g/mol. The number of hydrogen-bond donors (Lipinski definition) is 1. The molecule has 3 rings (SSSR count). The smallest absolute Gasteiger partial charge is 0.116 e. The van der Waals surface area contributed by atoms with Gasteiger partial charge in [0.1, 0.15) is 11.7 Å². The Hall–Kier alpha value is -1.97. The molecule has 68 valence electrons. The van der Waals surface area contributed by atoms with Crippen LogP contribution >= 0.6 is 0 Å². The Morgan fingerprint density at radius 2 is 2.21 bits per heavy atom. The second kappa shape index (κ2) is 2.51. The van der Waals surface area contributed by atoms with E-state index >= 15 is 0 Å². The van der Waals surface area contributed by atoms with Crippen LogP contribution in [0.25, 0.3) is 6.08 Å². The van der Waals surface area contributed by atoms with Crippen molar-refractivity contribution in [2.24, 2.45) is 9.98 Å². The Morgan fingerprint density at radius 1 is 1.29 bits per heavy atom. The summed E-state index contributed by atoms with van der Waals surface area (Å²) in [4.78, 5) is 12.5. The minimum absolute atomic E-state index is 0.342. The quantitative estimate of drug-likeness (QED) is 0.625. The predicted molar refractivity (Wildman–Crippen MR) is 52.1 cm³/mol. The van der Waals surface area contributed by atoms with Gasteiger partial charge in [-0.25, -0.2) is 9.98 Å². The van der Waals surface area contributed by atoms with Gasteiger partial charge >= 0.3 is 0 Å². The first-order valence-electron chi connectivity index (χ1n) is 4.33. The second-order valence-electron chi connectivity index (χ2n) is 3.23. The average molecular weight is 185 g/mol. The van der Waals surface area contributed by atoms with Crippen molar-refractivity contribution in [3.63, 3.8) is 0 Å². The first kappa shape index (κ1) is 7.44. The maximum absolute atomic E-state index is 9.41. The summed E-state index contributed by atoms with van der Waals surface area (Å²) in [5.74, 6) is 0.342. The van der Waals surface area contributed by atoms with Crippen LogP contribution in [0, 0.1) is 0 Å². The zero-order valence-electron chi connectivity index (χ0n) is 7.31. The number of rotatable bonds is 0. The Balaban J connectivity index is 2.39. The molecule has 2 aliphatic rings. The summed E-state index contributed by atoms with van der Waals surface area (Å²) < 4.78 is 0. The van der Waals surface area contributed by atoms with Crippen LogP contribution in [0.3, 0.4) is 0 Å². The van der Waals surface area contributed by atoms with Gasteiger partial charge in [0.25, 0.3) is 0 Å². The number of aromatic nitrogens is 1. The van der Waals surface area contributed by atoms with Crippen molar-refractivity contribution in [3.8, 4) is 0 Å². The third kappa shape index (κ3) is 0.907. The van der Waals surface area contributed by atoms with Crippen LogP contribution in [0.5, 0.6) is 0 Å². The highest BCUT2D eigenvalue weighted by Gasteiger charge is 2.13. The number of fused-ring (bicyclic) bond motifs is 3. The van der Waals surface area contributed by atoms with Crippen LogP contribution in [-0.2, 0) is 6.42 Å². The summed E-state index contributed by atoms with van der Waals surface area (Å²) in [6, 6.07) is 0. The van der Waals surface area contributed by atoms with Gasteiger partial charge in [-0.3, -0.25) is 4.98 Å². The van der Waals surface area contributed by atoms with E-state index in [1.807, 2.05) is 0 Å². The molecular formula is C10H7N3O. The van der Waals surface area contributed by atoms with E-state index in [1.54, 1.807) is 18.3 Å². The van der Waals surface area contributed by atoms with Crippen LogP contribution < -0.4 is 10.7 Å². The molecule has 4 nitrogen and oxygen atoms in total. The molecule has 14 heavy (non-hydrogen) atoms. The number of aliphatic hydroxyl groups excluding tert-OH is 1. The van der Waals surface area contributed by atoms with Crippen LogP contribution in [0.1, 0.15) is 5.56 Å². The van der Waals surface area contributed by atoms with Gasteiger partial charge in [-0.1, -0.05) is 0 Å². The molecule has 1 aliphatic carbocycles. The summed E-state index contributed by atoms with van der Waals surface area (Å²) in [5, 5.41) is 11.1. The highest BCUT2D eigenvalue weighted by molar-refractivity contribution is 5.69. The number of aliphatic imine (C=N–C) groups is 1. The molecule has 0 spiro atoms. The largest absolute Gasteiger partial charge is 0.512 e. The van der Waals surface area contributed by atoms with Crippen LogP contribution in [0.15, 0.2) is 28.0 Å². The van der Waals surface area contributed by atoms with Gasteiger partial charge < -0.3 is 5.11 Å². The lowest BCUT2D eigenvalue weighted by Crippen LogP contribution is -2.21. The molecule has 0 aromatic carbocycles. The second-order valence-corrected chi connectivity index (χ2v) is 3.23. The molecular weight excluding hydrogens is 178 g/mol. The maximum atomic E-state index is 9.41. The number of allylic oxidation sites excluding steroid dienone is 2. The first-order chi connectivity index (χ1) is 6.84. The van der Waals surface area contributed by atoms with Crippen LogP contribution in [-0.4, -0.2) is 16.4 Å². The minimum Gasteiger partial charge on any atom is -0.512 e. The predicted octanol–water partition coefficient (Wildman–Crippen LogP) is 0.153. The fourth-order valence-corrected chi connectivity index (χ4v) is 1.67. The summed E-state index contributed by atoms with van der Waals surface area (Å²) in [6.45, 7) is 0. The molecule has 1 aromatic rings. The number of pyridine rings is 1. The Labute approximate surface area is 79.7 Å². The lowest BCUT2D eigenvalue weighted by molar-refractivity contribution is 0.398. The topological polar surface area (TPSA) is 57.8 Å². The molecule has 0 atom stereocenters. The molecule has 4 heteroatoms. The van der Waals surface area contributed by atoms with Gasteiger partial charge in [0.05, 0.1) is 23.0 Å². The molecule has 1 N–H and O–H groups in total. The Morgan fingerprint density at radius 3 is 3.14 bits per heavy atom. The van der Waals surface area contributed by atoms with Gasteiger partial charge in [-0.05, 0) is 12.2 Å². The van der Waals surface area contributed by atoms with Gasteiger partial charge in [0.2, 0.25) is 0 Å². The normalized spacial score (nSPS) is 16.4. The molecule has 0 amide bonds. The van der Waals surface area contributed by atoms with E-state index in [2.05, 4.69) is 15.0 Å². The van der Waals surface area contributed by atoms with E-state index in [0.717, 1.165) is 22.0 Å². The third-order valence-corrected chi connectivity index (χ3v) is 2.34. The van der Waals surface area contributed by atoms with Gasteiger partial charge in [0, 0.05) is 12.0 Å². The molecule has 0 fully saturated rings. The van der Waals surface area contributed by atoms with Crippen molar-refractivity contribution in [3.05, 3.63) is 34.3 Å². The summed E-state index contributed by atoms with van der Waals surface area (Å²) in [5.41, 5.74) is 1.80. The van der Waals surface area contributed by atoms with E-state index in [4.69, 9.17) is 0 Å². The lowest BCUT2D eigenvalue weighted by atomic mass is 10.1. The summed E-state index contributed by atoms with van der Waals surface area (Å²) >= 11 is 0. The minimum atomic E-state index is 0.342. The molecule has 0 bridgehead atoms. The molecule has 2 heterocycles. The lowest BCUT2D eigenvalue weighted by Gasteiger charge is -2.07. The van der Waals surface area contributed by atoms with Crippen LogP contribution in [0.2, 0.25) is 0 Å².